The Morgan fingerprint density at radius 2 is 2.18 bits per heavy atom. The summed E-state index contributed by atoms with van der Waals surface area (Å²) >= 11 is 0. The highest BCUT2D eigenvalue weighted by Gasteiger charge is 2.41. The van der Waals surface area contributed by atoms with E-state index < -0.39 is 0 Å². The SMILES string of the molecule is C=CC(=O)NC1(C)CN(c2nc(Nc3cnn(C)c3)c3ncn(CC)c3n2)C1. The molecule has 2 N–H and O–H groups in total. The maximum Gasteiger partial charge on any atom is 0.243 e. The van der Waals surface area contributed by atoms with Crippen molar-refractivity contribution in [1.29, 1.82) is 0 Å². The second-order valence-corrected chi connectivity index (χ2v) is 7.21. The average molecular weight is 381 g/mol. The van der Waals surface area contributed by atoms with Gasteiger partial charge >= 0.3 is 0 Å². The van der Waals surface area contributed by atoms with Gasteiger partial charge in [-0.05, 0) is 19.9 Å². The number of nitrogens with zero attached hydrogens (tertiary/aromatic N) is 7. The van der Waals surface area contributed by atoms with E-state index in [1.807, 2.05) is 36.6 Å². The molecule has 10 heteroatoms. The minimum absolute atomic E-state index is 0.179. The molecule has 3 aromatic heterocycles. The van der Waals surface area contributed by atoms with Crippen molar-refractivity contribution >= 4 is 34.5 Å². The van der Waals surface area contributed by atoms with E-state index in [0.29, 0.717) is 30.4 Å². The molecule has 10 nitrogen and oxygen atoms in total. The molecule has 4 heterocycles. The number of aryl methyl sites for hydroxylation is 2. The Bertz CT molecular complexity index is 1040. The molecule has 0 spiro atoms. The molecule has 0 saturated carbocycles. The Labute approximate surface area is 162 Å². The molecule has 4 rings (SSSR count). The fourth-order valence-electron chi connectivity index (χ4n) is 3.38. The van der Waals surface area contributed by atoms with Crippen LogP contribution in [0.15, 0.2) is 31.4 Å². The molecule has 28 heavy (non-hydrogen) atoms. The number of imidazole rings is 1. The molecule has 0 radical (unpaired) electrons. The van der Waals surface area contributed by atoms with Crippen LogP contribution in [0.5, 0.6) is 0 Å². The number of hydrogen-bond donors (Lipinski definition) is 2. The molecule has 0 unspecified atom stereocenters. The van der Waals surface area contributed by atoms with Gasteiger partial charge in [-0.1, -0.05) is 6.58 Å². The number of amides is 1. The minimum Gasteiger partial charge on any atom is -0.344 e. The second kappa shape index (κ2) is 6.63. The van der Waals surface area contributed by atoms with Crippen molar-refractivity contribution in [3.05, 3.63) is 31.4 Å². The van der Waals surface area contributed by atoms with Crippen LogP contribution in [0.25, 0.3) is 11.2 Å². The lowest BCUT2D eigenvalue weighted by molar-refractivity contribution is -0.118. The standard InChI is InChI=1S/C18H23N9O/c1-5-13(28)24-18(3)9-27(10-18)17-22-15(21-12-7-20-25(4)8-12)14-16(23-17)26(6-2)11-19-14/h5,7-8,11H,1,6,9-10H2,2-4H3,(H,24,28)(H,21,22,23). The molecular formula is C18H23N9O. The average Bonchev–Trinajstić information content (AvgIpc) is 3.25. The van der Waals surface area contributed by atoms with Gasteiger partial charge < -0.3 is 20.1 Å². The molecule has 3 aromatic rings. The van der Waals surface area contributed by atoms with Gasteiger partial charge in [0.15, 0.2) is 17.0 Å². The van der Waals surface area contributed by atoms with Crippen molar-refractivity contribution in [3.8, 4) is 0 Å². The van der Waals surface area contributed by atoms with Gasteiger partial charge in [-0.3, -0.25) is 9.48 Å². The zero-order valence-electron chi connectivity index (χ0n) is 16.2. The smallest absolute Gasteiger partial charge is 0.243 e. The quantitative estimate of drug-likeness (QED) is 0.618. The fraction of sp³-hybridized carbons (Fsp3) is 0.389. The normalized spacial score (nSPS) is 15.3. The van der Waals surface area contributed by atoms with Crippen molar-refractivity contribution in [3.63, 3.8) is 0 Å². The third-order valence-electron chi connectivity index (χ3n) is 4.73. The van der Waals surface area contributed by atoms with Crippen LogP contribution in [-0.2, 0) is 18.4 Å². The number of fused-ring (bicyclic) bond motifs is 1. The van der Waals surface area contributed by atoms with E-state index in [9.17, 15) is 4.79 Å². The number of nitrogens with one attached hydrogen (secondary N) is 2. The monoisotopic (exact) mass is 381 g/mol. The third kappa shape index (κ3) is 3.17. The van der Waals surface area contributed by atoms with Crippen LogP contribution >= 0.6 is 0 Å². The summed E-state index contributed by atoms with van der Waals surface area (Å²) in [5, 5.41) is 10.4. The summed E-state index contributed by atoms with van der Waals surface area (Å²) < 4.78 is 3.70. The Morgan fingerprint density at radius 3 is 2.82 bits per heavy atom. The topological polar surface area (TPSA) is 106 Å². The Balaban J connectivity index is 1.65. The highest BCUT2D eigenvalue weighted by molar-refractivity contribution is 5.88. The van der Waals surface area contributed by atoms with E-state index in [1.54, 1.807) is 17.2 Å². The second-order valence-electron chi connectivity index (χ2n) is 7.21. The first kappa shape index (κ1) is 18.0. The predicted molar refractivity (Wildman–Crippen MR) is 106 cm³/mol. The number of anilines is 3. The van der Waals surface area contributed by atoms with E-state index in [4.69, 9.17) is 9.97 Å². The summed E-state index contributed by atoms with van der Waals surface area (Å²) in [6.45, 7) is 9.53. The maximum absolute atomic E-state index is 11.6. The van der Waals surface area contributed by atoms with Gasteiger partial charge in [0.05, 0.1) is 23.8 Å². The number of aromatic nitrogens is 6. The molecule has 0 bridgehead atoms. The van der Waals surface area contributed by atoms with Crippen LogP contribution in [0, 0.1) is 0 Å². The number of carbonyl (C=O) groups excluding carboxylic acids is 1. The lowest BCUT2D eigenvalue weighted by Gasteiger charge is -2.48. The highest BCUT2D eigenvalue weighted by Crippen LogP contribution is 2.30. The Hall–Kier alpha value is -3.43. The maximum atomic E-state index is 11.6. The molecule has 0 atom stereocenters. The van der Waals surface area contributed by atoms with Crippen LogP contribution in [0.2, 0.25) is 0 Å². The van der Waals surface area contributed by atoms with Crippen LogP contribution in [0.3, 0.4) is 0 Å². The molecule has 1 fully saturated rings. The van der Waals surface area contributed by atoms with Gasteiger partial charge in [-0.25, -0.2) is 4.98 Å². The largest absolute Gasteiger partial charge is 0.344 e. The summed E-state index contributed by atoms with van der Waals surface area (Å²) in [6, 6.07) is 0. The summed E-state index contributed by atoms with van der Waals surface area (Å²) in [6.07, 6.45) is 6.65. The number of rotatable bonds is 6. The van der Waals surface area contributed by atoms with Crippen molar-refractivity contribution < 1.29 is 4.79 Å². The number of hydrogen-bond acceptors (Lipinski definition) is 7. The van der Waals surface area contributed by atoms with Gasteiger partial charge in [-0.15, -0.1) is 0 Å². The zero-order valence-corrected chi connectivity index (χ0v) is 16.2. The van der Waals surface area contributed by atoms with Gasteiger partial charge in [0.2, 0.25) is 11.9 Å². The molecule has 0 aromatic carbocycles. The summed E-state index contributed by atoms with van der Waals surface area (Å²) in [4.78, 5) is 27.6. The minimum atomic E-state index is -0.328. The molecular weight excluding hydrogens is 358 g/mol. The van der Waals surface area contributed by atoms with E-state index in [0.717, 1.165) is 17.9 Å². The van der Waals surface area contributed by atoms with Gasteiger partial charge in [0.1, 0.15) is 0 Å². The van der Waals surface area contributed by atoms with Crippen LogP contribution < -0.4 is 15.5 Å². The molecule has 1 amide bonds. The first-order valence-corrected chi connectivity index (χ1v) is 9.09. The zero-order chi connectivity index (χ0) is 19.9. The van der Waals surface area contributed by atoms with Crippen molar-refractivity contribution in [1.82, 2.24) is 34.6 Å². The predicted octanol–water partition coefficient (Wildman–Crippen LogP) is 1.20. The van der Waals surface area contributed by atoms with Crippen LogP contribution in [0.4, 0.5) is 17.5 Å². The summed E-state index contributed by atoms with van der Waals surface area (Å²) in [5.41, 5.74) is 1.97. The molecule has 1 aliphatic heterocycles. The van der Waals surface area contributed by atoms with Gasteiger partial charge in [0, 0.05) is 32.9 Å². The lowest BCUT2D eigenvalue weighted by Crippen LogP contribution is -2.69. The fourth-order valence-corrected chi connectivity index (χ4v) is 3.38. The Kier molecular flexibility index (Phi) is 4.25. The third-order valence-corrected chi connectivity index (χ3v) is 4.73. The van der Waals surface area contributed by atoms with Crippen LogP contribution in [0.1, 0.15) is 13.8 Å². The molecule has 1 aliphatic rings. The van der Waals surface area contributed by atoms with Crippen molar-refractivity contribution in [2.24, 2.45) is 7.05 Å². The van der Waals surface area contributed by atoms with E-state index >= 15 is 0 Å². The summed E-state index contributed by atoms with van der Waals surface area (Å²) in [5.74, 6) is 1.05. The first-order chi connectivity index (χ1) is 13.4. The highest BCUT2D eigenvalue weighted by atomic mass is 16.1. The van der Waals surface area contributed by atoms with Gasteiger partial charge in [-0.2, -0.15) is 15.1 Å². The molecule has 0 aliphatic carbocycles. The van der Waals surface area contributed by atoms with Crippen LogP contribution in [-0.4, -0.2) is 53.8 Å². The Morgan fingerprint density at radius 1 is 1.39 bits per heavy atom. The first-order valence-electron chi connectivity index (χ1n) is 9.09. The van der Waals surface area contributed by atoms with Crippen molar-refractivity contribution in [2.45, 2.75) is 25.9 Å². The van der Waals surface area contributed by atoms with Gasteiger partial charge in [0.25, 0.3) is 0 Å². The van der Waals surface area contributed by atoms with E-state index in [1.165, 1.54) is 6.08 Å². The molecule has 1 saturated heterocycles. The summed E-state index contributed by atoms with van der Waals surface area (Å²) in [7, 11) is 1.86. The number of carbonyl (C=O) groups is 1. The molecule has 146 valence electrons. The van der Waals surface area contributed by atoms with Crippen molar-refractivity contribution in [2.75, 3.05) is 23.3 Å². The van der Waals surface area contributed by atoms with E-state index in [2.05, 4.69) is 27.3 Å². The van der Waals surface area contributed by atoms with E-state index in [-0.39, 0.29) is 11.4 Å². The lowest BCUT2D eigenvalue weighted by atomic mass is 9.92.